The first-order valence-electron chi connectivity index (χ1n) is 5.91. The molecule has 0 unspecified atom stereocenters. The highest BCUT2D eigenvalue weighted by Crippen LogP contribution is 2.24. The van der Waals surface area contributed by atoms with Crippen molar-refractivity contribution >= 4 is 0 Å². The lowest BCUT2D eigenvalue weighted by Gasteiger charge is -2.20. The molecule has 82 valence electrons. The van der Waals surface area contributed by atoms with Gasteiger partial charge in [-0.1, -0.05) is 19.9 Å². The minimum Gasteiger partial charge on any atom is -0.324 e. The second-order valence-corrected chi connectivity index (χ2v) is 4.85. The lowest BCUT2D eigenvalue weighted by molar-refractivity contribution is 0.511. The summed E-state index contributed by atoms with van der Waals surface area (Å²) in [4.78, 5) is 4.54. The normalized spacial score (nSPS) is 17.6. The van der Waals surface area contributed by atoms with Gasteiger partial charge in [0.2, 0.25) is 0 Å². The van der Waals surface area contributed by atoms with Gasteiger partial charge in [-0.25, -0.2) is 0 Å². The van der Waals surface area contributed by atoms with Crippen LogP contribution in [0.3, 0.4) is 0 Å². The first-order valence-corrected chi connectivity index (χ1v) is 5.91. The standard InChI is InChI=1S/C13H20N2/c1-9(2)13(14)11-7-10-5-3-4-6-12(10)15-8-11/h7-9,13H,3-6,14H2,1-2H3/t13-/m1/s1. The summed E-state index contributed by atoms with van der Waals surface area (Å²) >= 11 is 0. The molecule has 15 heavy (non-hydrogen) atoms. The fourth-order valence-electron chi connectivity index (χ4n) is 2.17. The zero-order valence-corrected chi connectivity index (χ0v) is 9.66. The number of hydrogen-bond acceptors (Lipinski definition) is 2. The van der Waals surface area contributed by atoms with E-state index in [1.54, 1.807) is 0 Å². The quantitative estimate of drug-likeness (QED) is 0.804. The van der Waals surface area contributed by atoms with E-state index < -0.39 is 0 Å². The molecule has 0 saturated carbocycles. The lowest BCUT2D eigenvalue weighted by Crippen LogP contribution is -2.18. The van der Waals surface area contributed by atoms with Gasteiger partial charge in [0, 0.05) is 17.9 Å². The SMILES string of the molecule is CC(C)[C@@H](N)c1cnc2c(c1)CCCC2. The van der Waals surface area contributed by atoms with Crippen LogP contribution in [0, 0.1) is 5.92 Å². The highest BCUT2D eigenvalue weighted by Gasteiger charge is 2.15. The fourth-order valence-corrected chi connectivity index (χ4v) is 2.17. The van der Waals surface area contributed by atoms with Crippen LogP contribution in [-0.4, -0.2) is 4.98 Å². The van der Waals surface area contributed by atoms with E-state index in [1.807, 2.05) is 6.20 Å². The predicted octanol–water partition coefficient (Wildman–Crippen LogP) is 2.62. The number of aryl methyl sites for hydroxylation is 2. The van der Waals surface area contributed by atoms with Gasteiger partial charge in [-0.2, -0.15) is 0 Å². The van der Waals surface area contributed by atoms with E-state index in [0.717, 1.165) is 6.42 Å². The maximum Gasteiger partial charge on any atom is 0.0435 e. The summed E-state index contributed by atoms with van der Waals surface area (Å²) in [7, 11) is 0. The van der Waals surface area contributed by atoms with Gasteiger partial charge in [0.05, 0.1) is 0 Å². The van der Waals surface area contributed by atoms with E-state index in [9.17, 15) is 0 Å². The van der Waals surface area contributed by atoms with E-state index in [1.165, 1.54) is 36.1 Å². The van der Waals surface area contributed by atoms with Crippen LogP contribution in [0.4, 0.5) is 0 Å². The van der Waals surface area contributed by atoms with Gasteiger partial charge in [-0.05, 0) is 42.7 Å². The highest BCUT2D eigenvalue weighted by atomic mass is 14.7. The van der Waals surface area contributed by atoms with Crippen molar-refractivity contribution < 1.29 is 0 Å². The van der Waals surface area contributed by atoms with Crippen molar-refractivity contribution in [3.05, 3.63) is 29.1 Å². The van der Waals surface area contributed by atoms with Crippen molar-refractivity contribution in [2.45, 2.75) is 45.6 Å². The zero-order valence-electron chi connectivity index (χ0n) is 9.66. The second kappa shape index (κ2) is 4.31. The fraction of sp³-hybridized carbons (Fsp3) is 0.615. The molecule has 1 heterocycles. The van der Waals surface area contributed by atoms with E-state index in [2.05, 4.69) is 24.9 Å². The molecule has 0 aliphatic heterocycles. The molecule has 2 N–H and O–H groups in total. The third-order valence-electron chi connectivity index (χ3n) is 3.29. The number of fused-ring (bicyclic) bond motifs is 1. The van der Waals surface area contributed by atoms with Gasteiger partial charge in [0.1, 0.15) is 0 Å². The zero-order chi connectivity index (χ0) is 10.8. The number of pyridine rings is 1. The summed E-state index contributed by atoms with van der Waals surface area (Å²) in [6.07, 6.45) is 6.88. The molecular weight excluding hydrogens is 184 g/mol. The number of nitrogens with two attached hydrogens (primary N) is 1. The number of aromatic nitrogens is 1. The molecule has 2 nitrogen and oxygen atoms in total. The van der Waals surface area contributed by atoms with Crippen molar-refractivity contribution in [1.29, 1.82) is 0 Å². The van der Waals surface area contributed by atoms with Gasteiger partial charge < -0.3 is 5.73 Å². The third kappa shape index (κ3) is 2.20. The van der Waals surface area contributed by atoms with Crippen molar-refractivity contribution in [3.8, 4) is 0 Å². The van der Waals surface area contributed by atoms with Gasteiger partial charge in [-0.15, -0.1) is 0 Å². The van der Waals surface area contributed by atoms with Crippen LogP contribution in [0.5, 0.6) is 0 Å². The minimum absolute atomic E-state index is 0.129. The average Bonchev–Trinajstić information content (AvgIpc) is 2.27. The molecule has 0 fully saturated rings. The first-order chi connectivity index (χ1) is 7.18. The smallest absolute Gasteiger partial charge is 0.0435 e. The van der Waals surface area contributed by atoms with Crippen LogP contribution in [-0.2, 0) is 12.8 Å². The number of rotatable bonds is 2. The van der Waals surface area contributed by atoms with Crippen LogP contribution >= 0.6 is 0 Å². The molecule has 0 aromatic carbocycles. The van der Waals surface area contributed by atoms with Crippen molar-refractivity contribution in [2.75, 3.05) is 0 Å². The molecule has 1 aliphatic rings. The Kier molecular flexibility index (Phi) is 3.06. The van der Waals surface area contributed by atoms with E-state index >= 15 is 0 Å². The summed E-state index contributed by atoms with van der Waals surface area (Å²) in [5.74, 6) is 0.480. The molecule has 1 atom stereocenters. The second-order valence-electron chi connectivity index (χ2n) is 4.85. The Morgan fingerprint density at radius 2 is 2.00 bits per heavy atom. The van der Waals surface area contributed by atoms with Gasteiger partial charge >= 0.3 is 0 Å². The van der Waals surface area contributed by atoms with Crippen LogP contribution in [0.1, 0.15) is 49.6 Å². The van der Waals surface area contributed by atoms with Crippen molar-refractivity contribution in [2.24, 2.45) is 11.7 Å². The van der Waals surface area contributed by atoms with Gasteiger partial charge in [-0.3, -0.25) is 4.98 Å². The predicted molar refractivity (Wildman–Crippen MR) is 62.6 cm³/mol. The molecule has 0 spiro atoms. The molecule has 1 aromatic heterocycles. The first kappa shape index (κ1) is 10.6. The molecule has 2 rings (SSSR count). The van der Waals surface area contributed by atoms with Crippen LogP contribution in [0.15, 0.2) is 12.3 Å². The molecule has 0 bridgehead atoms. The highest BCUT2D eigenvalue weighted by molar-refractivity contribution is 5.29. The Morgan fingerprint density at radius 1 is 1.27 bits per heavy atom. The molecule has 1 aromatic rings. The lowest BCUT2D eigenvalue weighted by atomic mass is 9.91. The Morgan fingerprint density at radius 3 is 2.73 bits per heavy atom. The van der Waals surface area contributed by atoms with Gasteiger partial charge in [0.15, 0.2) is 0 Å². The molecule has 0 saturated heterocycles. The largest absolute Gasteiger partial charge is 0.324 e. The Bertz CT molecular complexity index is 344. The molecule has 0 radical (unpaired) electrons. The van der Waals surface area contributed by atoms with Crippen LogP contribution in [0.2, 0.25) is 0 Å². The maximum atomic E-state index is 6.13. The van der Waals surface area contributed by atoms with Crippen LogP contribution in [0.25, 0.3) is 0 Å². The van der Waals surface area contributed by atoms with Crippen molar-refractivity contribution in [3.63, 3.8) is 0 Å². The maximum absolute atomic E-state index is 6.13. The minimum atomic E-state index is 0.129. The average molecular weight is 204 g/mol. The summed E-state index contributed by atoms with van der Waals surface area (Å²) in [5, 5.41) is 0. The van der Waals surface area contributed by atoms with E-state index in [-0.39, 0.29) is 6.04 Å². The molecular formula is C13H20N2. The molecule has 1 aliphatic carbocycles. The third-order valence-corrected chi connectivity index (χ3v) is 3.29. The van der Waals surface area contributed by atoms with E-state index in [4.69, 9.17) is 5.73 Å². The molecule has 2 heteroatoms. The van der Waals surface area contributed by atoms with E-state index in [0.29, 0.717) is 5.92 Å². The topological polar surface area (TPSA) is 38.9 Å². The summed E-state index contributed by atoms with van der Waals surface area (Å²) in [6, 6.07) is 2.40. The number of hydrogen-bond donors (Lipinski definition) is 1. The van der Waals surface area contributed by atoms with Crippen LogP contribution < -0.4 is 5.73 Å². The molecule has 0 amide bonds. The Labute approximate surface area is 91.9 Å². The Hall–Kier alpha value is -0.890. The Balaban J connectivity index is 2.27. The summed E-state index contributed by atoms with van der Waals surface area (Å²) < 4.78 is 0. The van der Waals surface area contributed by atoms with Gasteiger partial charge in [0.25, 0.3) is 0 Å². The number of nitrogens with zero attached hydrogens (tertiary/aromatic N) is 1. The summed E-state index contributed by atoms with van der Waals surface area (Å²) in [6.45, 7) is 4.31. The monoisotopic (exact) mass is 204 g/mol. The van der Waals surface area contributed by atoms with Crippen molar-refractivity contribution in [1.82, 2.24) is 4.98 Å². The summed E-state index contributed by atoms with van der Waals surface area (Å²) in [5.41, 5.74) is 10.0.